The van der Waals surface area contributed by atoms with Crippen LogP contribution in [0.15, 0.2) is 81.7 Å². The van der Waals surface area contributed by atoms with E-state index in [0.717, 1.165) is 23.7 Å². The van der Waals surface area contributed by atoms with Gasteiger partial charge in [-0.3, -0.25) is 0 Å². The number of halogens is 2. The predicted octanol–water partition coefficient (Wildman–Crippen LogP) is 10.7. The summed E-state index contributed by atoms with van der Waals surface area (Å²) in [7, 11) is 0. The van der Waals surface area contributed by atoms with E-state index in [0.29, 0.717) is 0 Å². The van der Waals surface area contributed by atoms with E-state index < -0.39 is 0 Å². The molecule has 1 unspecified atom stereocenters. The van der Waals surface area contributed by atoms with E-state index in [1.165, 1.54) is 60.1 Å². The molecule has 0 heterocycles. The van der Waals surface area contributed by atoms with Crippen LogP contribution in [0.1, 0.15) is 69.2 Å². The van der Waals surface area contributed by atoms with Crippen molar-refractivity contribution >= 4 is 31.9 Å². The Balaban J connectivity index is 1.52. The lowest BCUT2D eigenvalue weighted by atomic mass is 9.73. The summed E-state index contributed by atoms with van der Waals surface area (Å²) in [4.78, 5) is 0. The molecule has 2 aliphatic rings. The van der Waals surface area contributed by atoms with Gasteiger partial charge in [-0.2, -0.15) is 0 Å². The molecule has 0 saturated heterocycles. The van der Waals surface area contributed by atoms with Crippen molar-refractivity contribution in [3.05, 3.63) is 104 Å². The summed E-state index contributed by atoms with van der Waals surface area (Å²) < 4.78 is 2.32. The molecule has 0 bridgehead atoms. The average molecular weight is 586 g/mol. The maximum absolute atomic E-state index is 3.73. The van der Waals surface area contributed by atoms with Crippen LogP contribution in [0.25, 0.3) is 33.4 Å². The lowest BCUT2D eigenvalue weighted by Crippen LogP contribution is -2.23. The second kappa shape index (κ2) is 8.18. The van der Waals surface area contributed by atoms with Crippen molar-refractivity contribution in [2.45, 2.75) is 57.8 Å². The highest BCUT2D eigenvalue weighted by atomic mass is 79.9. The first-order valence-electron chi connectivity index (χ1n) is 12.8. The minimum Gasteiger partial charge on any atom is -0.0642 e. The molecule has 2 heteroatoms. The van der Waals surface area contributed by atoms with Gasteiger partial charge in [0.15, 0.2) is 0 Å². The van der Waals surface area contributed by atoms with Crippen molar-refractivity contribution in [2.75, 3.05) is 0 Å². The summed E-state index contributed by atoms with van der Waals surface area (Å²) in [5.41, 5.74) is 14.1. The average Bonchev–Trinajstić information content (AvgIpc) is 3.29. The van der Waals surface area contributed by atoms with Gasteiger partial charge in [0.2, 0.25) is 0 Å². The quantitative estimate of drug-likeness (QED) is 0.223. The highest BCUT2D eigenvalue weighted by Gasteiger charge is 2.41. The van der Waals surface area contributed by atoms with Crippen LogP contribution >= 0.6 is 31.9 Å². The second-order valence-electron chi connectivity index (χ2n) is 10.4. The van der Waals surface area contributed by atoms with E-state index in [2.05, 4.69) is 132 Å². The summed E-state index contributed by atoms with van der Waals surface area (Å²) in [5.74, 6) is 0. The van der Waals surface area contributed by atoms with Crippen LogP contribution in [0, 0.1) is 0 Å². The van der Waals surface area contributed by atoms with E-state index in [1.807, 2.05) is 0 Å². The molecule has 0 N–H and O–H groups in total. The molecule has 2 aliphatic carbocycles. The van der Waals surface area contributed by atoms with E-state index in [9.17, 15) is 0 Å². The third kappa shape index (κ3) is 3.15. The fourth-order valence-electron chi connectivity index (χ4n) is 6.81. The van der Waals surface area contributed by atoms with E-state index in [4.69, 9.17) is 0 Å². The van der Waals surface area contributed by atoms with Gasteiger partial charge < -0.3 is 0 Å². The molecule has 4 aromatic rings. The Hall–Kier alpha value is -2.16. The van der Waals surface area contributed by atoms with Crippen LogP contribution in [0.5, 0.6) is 0 Å². The van der Waals surface area contributed by atoms with Crippen molar-refractivity contribution in [2.24, 2.45) is 0 Å². The zero-order valence-corrected chi connectivity index (χ0v) is 24.0. The zero-order valence-electron chi connectivity index (χ0n) is 20.8. The Kier molecular flexibility index (Phi) is 5.44. The minimum atomic E-state index is 0.0281. The molecule has 6 rings (SSSR count). The van der Waals surface area contributed by atoms with Crippen LogP contribution in [0.2, 0.25) is 0 Å². The molecule has 35 heavy (non-hydrogen) atoms. The Morgan fingerprint density at radius 1 is 0.514 bits per heavy atom. The Labute approximate surface area is 226 Å². The molecular formula is C33H30Br2. The van der Waals surface area contributed by atoms with Gasteiger partial charge in [0, 0.05) is 19.8 Å². The van der Waals surface area contributed by atoms with E-state index in [1.54, 1.807) is 0 Å². The second-order valence-corrected chi connectivity index (χ2v) is 12.2. The number of benzene rings is 4. The van der Waals surface area contributed by atoms with Crippen molar-refractivity contribution in [1.82, 2.24) is 0 Å². The molecule has 0 amide bonds. The molecule has 0 radical (unpaired) electrons. The number of rotatable bonds is 4. The first-order chi connectivity index (χ1) is 16.9. The SMILES string of the molecule is CCC1(C)c2cc(Br)ccc2-c2ccc(-c3ccc4c(c3)C(CC)(CC)c3cc(Br)ccc3-4)cc21. The molecule has 0 saturated carbocycles. The third-order valence-corrected chi connectivity index (χ3v) is 10.0. The van der Waals surface area contributed by atoms with Gasteiger partial charge in [-0.1, -0.05) is 96.0 Å². The largest absolute Gasteiger partial charge is 0.0642 e. The molecule has 0 aliphatic heterocycles. The normalized spacial score (nSPS) is 18.7. The molecule has 1 atom stereocenters. The molecule has 0 spiro atoms. The highest BCUT2D eigenvalue weighted by molar-refractivity contribution is 9.10. The first kappa shape index (κ1) is 23.3. The Bertz CT molecular complexity index is 1490. The number of fused-ring (bicyclic) bond motifs is 6. The summed E-state index contributed by atoms with van der Waals surface area (Å²) in [6.07, 6.45) is 3.29. The lowest BCUT2D eigenvalue weighted by molar-refractivity contribution is 0.490. The van der Waals surface area contributed by atoms with Crippen LogP contribution < -0.4 is 0 Å². The summed E-state index contributed by atoms with van der Waals surface area (Å²) >= 11 is 7.44. The van der Waals surface area contributed by atoms with Gasteiger partial charge in [-0.15, -0.1) is 0 Å². The van der Waals surface area contributed by atoms with Gasteiger partial charge >= 0.3 is 0 Å². The van der Waals surface area contributed by atoms with Gasteiger partial charge in [0.25, 0.3) is 0 Å². The van der Waals surface area contributed by atoms with Gasteiger partial charge in [0.1, 0.15) is 0 Å². The highest BCUT2D eigenvalue weighted by Crippen LogP contribution is 2.55. The predicted molar refractivity (Wildman–Crippen MR) is 156 cm³/mol. The van der Waals surface area contributed by atoms with Crippen molar-refractivity contribution < 1.29 is 0 Å². The monoisotopic (exact) mass is 584 g/mol. The summed E-state index contributed by atoms with van der Waals surface area (Å²) in [6, 6.07) is 27.9. The van der Waals surface area contributed by atoms with Crippen molar-refractivity contribution in [3.63, 3.8) is 0 Å². The molecule has 0 aromatic heterocycles. The molecule has 0 nitrogen and oxygen atoms in total. The molecular weight excluding hydrogens is 556 g/mol. The fraction of sp³-hybridized carbons (Fsp3) is 0.273. The van der Waals surface area contributed by atoms with Gasteiger partial charge in [-0.05, 0) is 111 Å². The lowest BCUT2D eigenvalue weighted by Gasteiger charge is -2.30. The van der Waals surface area contributed by atoms with E-state index >= 15 is 0 Å². The number of hydrogen-bond acceptors (Lipinski definition) is 0. The zero-order chi connectivity index (χ0) is 24.5. The standard InChI is InChI=1S/C33H30Br2/c1-5-32(4)28-16-20(8-12-24(28)25-14-10-22(34)18-29(25)32)21-9-13-26-27-15-11-23(35)19-31(27)33(6-2,7-3)30(26)17-21/h8-19H,5-7H2,1-4H3. The van der Waals surface area contributed by atoms with Crippen molar-refractivity contribution in [1.29, 1.82) is 0 Å². The number of hydrogen-bond donors (Lipinski definition) is 0. The smallest absolute Gasteiger partial charge is 0.0210 e. The van der Waals surface area contributed by atoms with Crippen LogP contribution in [0.4, 0.5) is 0 Å². The Morgan fingerprint density at radius 3 is 1.43 bits per heavy atom. The van der Waals surface area contributed by atoms with Gasteiger partial charge in [0.05, 0.1) is 0 Å². The molecule has 4 aromatic carbocycles. The maximum atomic E-state index is 3.73. The van der Waals surface area contributed by atoms with Gasteiger partial charge in [-0.25, -0.2) is 0 Å². The third-order valence-electron chi connectivity index (χ3n) is 9.05. The van der Waals surface area contributed by atoms with Crippen LogP contribution in [0.3, 0.4) is 0 Å². The summed E-state index contributed by atoms with van der Waals surface area (Å²) in [5, 5.41) is 0. The van der Waals surface area contributed by atoms with E-state index in [-0.39, 0.29) is 10.8 Å². The van der Waals surface area contributed by atoms with Crippen LogP contribution in [-0.2, 0) is 10.8 Å². The maximum Gasteiger partial charge on any atom is 0.0210 e. The molecule has 176 valence electrons. The van der Waals surface area contributed by atoms with Crippen molar-refractivity contribution in [3.8, 4) is 33.4 Å². The molecule has 0 fully saturated rings. The topological polar surface area (TPSA) is 0 Å². The fourth-order valence-corrected chi connectivity index (χ4v) is 7.53. The minimum absolute atomic E-state index is 0.0281. The summed E-state index contributed by atoms with van der Waals surface area (Å²) in [6.45, 7) is 9.40. The first-order valence-corrected chi connectivity index (χ1v) is 14.3. The van der Waals surface area contributed by atoms with Crippen LogP contribution in [-0.4, -0.2) is 0 Å². The Morgan fingerprint density at radius 2 is 0.914 bits per heavy atom.